The van der Waals surface area contributed by atoms with Crippen LogP contribution in [-0.2, 0) is 23.3 Å². The van der Waals surface area contributed by atoms with Gasteiger partial charge in [0.15, 0.2) is 11.5 Å². The zero-order valence-electron chi connectivity index (χ0n) is 20.4. The number of para-hydroxylation sites is 2. The number of rotatable bonds is 4. The van der Waals surface area contributed by atoms with E-state index in [0.717, 1.165) is 47.5 Å². The number of carbonyl (C=O) groups excluding carboxylic acids is 1. The molecular weight excluding hydrogens is 416 g/mol. The monoisotopic (exact) mass is 454 g/mol. The molecule has 180 valence electrons. The van der Waals surface area contributed by atoms with Crippen LogP contribution in [0, 0.1) is 0 Å². The summed E-state index contributed by atoms with van der Waals surface area (Å²) in [5, 5.41) is 14.0. The fourth-order valence-electron chi connectivity index (χ4n) is 4.16. The number of benzene rings is 2. The van der Waals surface area contributed by atoms with Gasteiger partial charge in [0.2, 0.25) is 5.91 Å². The summed E-state index contributed by atoms with van der Waals surface area (Å²) in [7, 11) is 0. The fraction of sp³-hybridized carbons (Fsp3) is 0.519. The maximum atomic E-state index is 12.7. The lowest BCUT2D eigenvalue weighted by molar-refractivity contribution is -0.122. The van der Waals surface area contributed by atoms with Crippen LogP contribution in [0.5, 0.6) is 17.2 Å². The third-order valence-corrected chi connectivity index (χ3v) is 5.83. The molecule has 1 amide bonds. The highest BCUT2D eigenvalue weighted by molar-refractivity contribution is 5.78. The fourth-order valence-corrected chi connectivity index (χ4v) is 4.16. The molecule has 0 saturated carbocycles. The van der Waals surface area contributed by atoms with Crippen molar-refractivity contribution in [2.75, 3.05) is 26.3 Å². The lowest BCUT2D eigenvalue weighted by atomic mass is 9.85. The van der Waals surface area contributed by atoms with E-state index in [1.54, 1.807) is 0 Å². The van der Waals surface area contributed by atoms with Gasteiger partial charge in [0, 0.05) is 30.8 Å². The van der Waals surface area contributed by atoms with Crippen molar-refractivity contribution in [2.24, 2.45) is 0 Å². The largest absolute Gasteiger partial charge is 0.507 e. The van der Waals surface area contributed by atoms with E-state index in [9.17, 15) is 9.90 Å². The van der Waals surface area contributed by atoms with Crippen LogP contribution in [0.4, 0.5) is 0 Å². The number of amides is 1. The Labute approximate surface area is 197 Å². The number of aromatic hydroxyl groups is 1. The molecule has 0 radical (unpaired) electrons. The van der Waals surface area contributed by atoms with Gasteiger partial charge in [0.1, 0.15) is 5.75 Å². The van der Waals surface area contributed by atoms with Gasteiger partial charge in [-0.3, -0.25) is 9.69 Å². The van der Waals surface area contributed by atoms with Gasteiger partial charge in [-0.2, -0.15) is 0 Å². The highest BCUT2D eigenvalue weighted by atomic mass is 16.5. The van der Waals surface area contributed by atoms with Crippen LogP contribution < -0.4 is 14.8 Å². The van der Waals surface area contributed by atoms with Gasteiger partial charge in [0.25, 0.3) is 0 Å². The first kappa shape index (κ1) is 24.9. The molecule has 0 unspecified atom stereocenters. The quantitative estimate of drug-likeness (QED) is 0.696. The summed E-state index contributed by atoms with van der Waals surface area (Å²) in [6, 6.07) is 11.8. The normalized spacial score (nSPS) is 16.4. The number of nitrogens with one attached hydrogen (secondary N) is 1. The van der Waals surface area contributed by atoms with Gasteiger partial charge in [0.05, 0.1) is 19.8 Å². The molecule has 3 rings (SSSR count). The summed E-state index contributed by atoms with van der Waals surface area (Å²) >= 11 is 0. The topological polar surface area (TPSA) is 71.0 Å². The third-order valence-electron chi connectivity index (χ3n) is 5.83. The smallest absolute Gasteiger partial charge is 0.234 e. The van der Waals surface area contributed by atoms with Gasteiger partial charge in [-0.15, -0.1) is 0 Å². The van der Waals surface area contributed by atoms with Gasteiger partial charge < -0.3 is 19.9 Å². The maximum Gasteiger partial charge on any atom is 0.234 e. The Morgan fingerprint density at radius 1 is 1.09 bits per heavy atom. The van der Waals surface area contributed by atoms with E-state index in [4.69, 9.17) is 9.47 Å². The van der Waals surface area contributed by atoms with Crippen molar-refractivity contribution in [3.05, 3.63) is 53.1 Å². The van der Waals surface area contributed by atoms with E-state index in [1.165, 1.54) is 0 Å². The molecule has 0 aliphatic carbocycles. The van der Waals surface area contributed by atoms with Crippen molar-refractivity contribution in [1.82, 2.24) is 10.2 Å². The summed E-state index contributed by atoms with van der Waals surface area (Å²) in [4.78, 5) is 14.8. The SMILES string of the molecule is CCOc1cccc2c1OCCCCCNC(=O)CN(Cc1cccc(C(C)(C)C)c1O)C2. The second kappa shape index (κ2) is 11.4. The molecule has 1 aliphatic heterocycles. The van der Waals surface area contributed by atoms with Crippen molar-refractivity contribution in [1.29, 1.82) is 0 Å². The Hall–Kier alpha value is -2.73. The molecule has 0 atom stereocenters. The van der Waals surface area contributed by atoms with Crippen molar-refractivity contribution < 1.29 is 19.4 Å². The number of carbonyl (C=O) groups is 1. The van der Waals surface area contributed by atoms with E-state index in [2.05, 4.69) is 26.1 Å². The van der Waals surface area contributed by atoms with Gasteiger partial charge >= 0.3 is 0 Å². The predicted molar refractivity (Wildman–Crippen MR) is 131 cm³/mol. The zero-order valence-corrected chi connectivity index (χ0v) is 20.4. The van der Waals surface area contributed by atoms with Crippen LogP contribution in [0.2, 0.25) is 0 Å². The first-order valence-electron chi connectivity index (χ1n) is 12.0. The van der Waals surface area contributed by atoms with E-state index < -0.39 is 0 Å². The predicted octanol–water partition coefficient (Wildman–Crippen LogP) is 4.77. The van der Waals surface area contributed by atoms with Crippen molar-refractivity contribution in [2.45, 2.75) is 65.5 Å². The minimum atomic E-state index is -0.176. The molecule has 2 aromatic rings. The average Bonchev–Trinajstić information content (AvgIpc) is 2.76. The Morgan fingerprint density at radius 3 is 2.64 bits per heavy atom. The molecule has 0 spiro atoms. The lowest BCUT2D eigenvalue weighted by Gasteiger charge is -2.26. The molecule has 1 heterocycles. The molecule has 0 bridgehead atoms. The number of nitrogens with zero attached hydrogens (tertiary/aromatic N) is 1. The summed E-state index contributed by atoms with van der Waals surface area (Å²) < 4.78 is 12.0. The summed E-state index contributed by atoms with van der Waals surface area (Å²) in [5.41, 5.74) is 2.50. The minimum Gasteiger partial charge on any atom is -0.507 e. The lowest BCUT2D eigenvalue weighted by Crippen LogP contribution is -2.37. The third kappa shape index (κ3) is 6.87. The Bertz CT molecular complexity index is 936. The minimum absolute atomic E-state index is 0.0101. The number of ether oxygens (including phenoxy) is 2. The first-order chi connectivity index (χ1) is 15.8. The highest BCUT2D eigenvalue weighted by Crippen LogP contribution is 2.35. The summed E-state index contributed by atoms with van der Waals surface area (Å²) in [6.45, 7) is 11.2. The van der Waals surface area contributed by atoms with Crippen LogP contribution in [0.1, 0.15) is 63.6 Å². The zero-order chi connectivity index (χ0) is 23.8. The molecular formula is C27H38N2O4. The molecule has 2 N–H and O–H groups in total. The molecule has 2 aromatic carbocycles. The van der Waals surface area contributed by atoms with Crippen molar-refractivity contribution >= 4 is 5.91 Å². The number of phenols is 1. The van der Waals surface area contributed by atoms with Crippen LogP contribution in [0.25, 0.3) is 0 Å². The molecule has 6 nitrogen and oxygen atoms in total. The van der Waals surface area contributed by atoms with Crippen LogP contribution in [0.15, 0.2) is 36.4 Å². The second-order valence-corrected chi connectivity index (χ2v) is 9.64. The highest BCUT2D eigenvalue weighted by Gasteiger charge is 2.23. The van der Waals surface area contributed by atoms with Gasteiger partial charge in [-0.1, -0.05) is 51.1 Å². The van der Waals surface area contributed by atoms with Crippen molar-refractivity contribution in [3.8, 4) is 17.2 Å². The molecule has 0 saturated heterocycles. The maximum absolute atomic E-state index is 12.7. The second-order valence-electron chi connectivity index (χ2n) is 9.64. The molecule has 33 heavy (non-hydrogen) atoms. The standard InChI is InChI=1S/C27H38N2O4/c1-5-32-23-14-10-12-21-18-29(17-20-11-9-13-22(25(20)31)27(2,3)4)19-24(30)28-15-7-6-8-16-33-26(21)23/h9-14,31H,5-8,15-19H2,1-4H3,(H,28,30). The number of hydrogen-bond donors (Lipinski definition) is 2. The van der Waals surface area contributed by atoms with E-state index in [1.807, 2.05) is 48.2 Å². The van der Waals surface area contributed by atoms with Crippen LogP contribution in [-0.4, -0.2) is 42.2 Å². The Kier molecular flexibility index (Phi) is 8.61. The molecule has 1 aliphatic rings. The van der Waals surface area contributed by atoms with Crippen LogP contribution >= 0.6 is 0 Å². The Balaban J connectivity index is 1.95. The molecule has 6 heteroatoms. The van der Waals surface area contributed by atoms with E-state index >= 15 is 0 Å². The first-order valence-corrected chi connectivity index (χ1v) is 12.0. The molecule has 0 aromatic heterocycles. The number of phenolic OH excluding ortho intramolecular Hbond substituents is 1. The summed E-state index contributed by atoms with van der Waals surface area (Å²) in [5.74, 6) is 1.76. The Morgan fingerprint density at radius 2 is 1.88 bits per heavy atom. The van der Waals surface area contributed by atoms with Crippen LogP contribution in [0.3, 0.4) is 0 Å². The number of hydrogen-bond acceptors (Lipinski definition) is 5. The van der Waals surface area contributed by atoms with Gasteiger partial charge in [-0.25, -0.2) is 0 Å². The average molecular weight is 455 g/mol. The molecule has 0 fully saturated rings. The van der Waals surface area contributed by atoms with Gasteiger partial charge in [-0.05, 0) is 43.2 Å². The van der Waals surface area contributed by atoms with Crippen molar-refractivity contribution in [3.63, 3.8) is 0 Å². The summed E-state index contributed by atoms with van der Waals surface area (Å²) in [6.07, 6.45) is 2.83. The number of fused-ring (bicyclic) bond motifs is 1. The van der Waals surface area contributed by atoms with E-state index in [0.29, 0.717) is 38.6 Å². The van der Waals surface area contributed by atoms with E-state index in [-0.39, 0.29) is 17.9 Å².